The van der Waals surface area contributed by atoms with E-state index in [2.05, 4.69) is 11.9 Å². The SMILES string of the molecule is COc1cccc(Cl)c1C(CN)N(C)C1CCSC1. The van der Waals surface area contributed by atoms with E-state index in [-0.39, 0.29) is 6.04 Å². The Morgan fingerprint density at radius 3 is 2.95 bits per heavy atom. The molecule has 2 unspecified atom stereocenters. The van der Waals surface area contributed by atoms with Crippen LogP contribution < -0.4 is 10.5 Å². The number of rotatable bonds is 5. The van der Waals surface area contributed by atoms with Crippen LogP contribution >= 0.6 is 23.4 Å². The zero-order valence-electron chi connectivity index (χ0n) is 11.4. The van der Waals surface area contributed by atoms with Gasteiger partial charge in [0.2, 0.25) is 0 Å². The molecule has 0 aromatic heterocycles. The Balaban J connectivity index is 2.30. The maximum atomic E-state index is 6.37. The van der Waals surface area contributed by atoms with Crippen molar-refractivity contribution in [1.29, 1.82) is 0 Å². The molecule has 0 aliphatic carbocycles. The molecule has 0 spiro atoms. The van der Waals surface area contributed by atoms with Gasteiger partial charge in [0.05, 0.1) is 13.2 Å². The van der Waals surface area contributed by atoms with Crippen LogP contribution in [0.1, 0.15) is 18.0 Å². The Morgan fingerprint density at radius 1 is 1.58 bits per heavy atom. The van der Waals surface area contributed by atoms with Gasteiger partial charge in [-0.3, -0.25) is 4.90 Å². The molecule has 1 fully saturated rings. The van der Waals surface area contributed by atoms with Crippen LogP contribution in [0.5, 0.6) is 5.75 Å². The number of likely N-dealkylation sites (N-methyl/N-ethyl adjacent to an activating group) is 1. The highest BCUT2D eigenvalue weighted by molar-refractivity contribution is 7.99. The Labute approximate surface area is 124 Å². The summed E-state index contributed by atoms with van der Waals surface area (Å²) in [6.45, 7) is 0.539. The molecule has 0 radical (unpaired) electrons. The van der Waals surface area contributed by atoms with Crippen LogP contribution in [0.15, 0.2) is 18.2 Å². The van der Waals surface area contributed by atoms with Gasteiger partial charge >= 0.3 is 0 Å². The van der Waals surface area contributed by atoms with E-state index in [9.17, 15) is 0 Å². The van der Waals surface area contributed by atoms with Gasteiger partial charge in [0, 0.05) is 28.9 Å². The Morgan fingerprint density at radius 2 is 2.37 bits per heavy atom. The topological polar surface area (TPSA) is 38.5 Å². The average Bonchev–Trinajstić information content (AvgIpc) is 2.95. The van der Waals surface area contributed by atoms with Crippen molar-refractivity contribution in [1.82, 2.24) is 4.90 Å². The summed E-state index contributed by atoms with van der Waals surface area (Å²) in [5.74, 6) is 3.21. The quantitative estimate of drug-likeness (QED) is 0.907. The molecule has 0 bridgehead atoms. The van der Waals surface area contributed by atoms with E-state index in [1.165, 1.54) is 17.9 Å². The molecule has 0 amide bonds. The first-order valence-corrected chi connectivity index (χ1v) is 8.04. The highest BCUT2D eigenvalue weighted by Crippen LogP contribution is 2.36. The molecular formula is C14H21ClN2OS. The van der Waals surface area contributed by atoms with Gasteiger partial charge in [-0.15, -0.1) is 0 Å². The lowest BCUT2D eigenvalue weighted by Crippen LogP contribution is -2.39. The zero-order chi connectivity index (χ0) is 13.8. The minimum absolute atomic E-state index is 0.104. The molecule has 2 N–H and O–H groups in total. The van der Waals surface area contributed by atoms with Crippen LogP contribution in [-0.2, 0) is 0 Å². The van der Waals surface area contributed by atoms with Gasteiger partial charge in [0.25, 0.3) is 0 Å². The van der Waals surface area contributed by atoms with Crippen molar-refractivity contribution >= 4 is 23.4 Å². The van der Waals surface area contributed by atoms with Gasteiger partial charge < -0.3 is 10.5 Å². The van der Waals surface area contributed by atoms with Gasteiger partial charge in [0.1, 0.15) is 5.75 Å². The van der Waals surface area contributed by atoms with Crippen molar-refractivity contribution in [3.05, 3.63) is 28.8 Å². The van der Waals surface area contributed by atoms with E-state index in [4.69, 9.17) is 22.1 Å². The molecule has 2 rings (SSSR count). The number of hydrogen-bond acceptors (Lipinski definition) is 4. The van der Waals surface area contributed by atoms with Crippen LogP contribution in [-0.4, -0.2) is 43.1 Å². The summed E-state index contributed by atoms with van der Waals surface area (Å²) in [5, 5.41) is 0.729. The van der Waals surface area contributed by atoms with Crippen molar-refractivity contribution in [3.63, 3.8) is 0 Å². The normalized spacial score (nSPS) is 20.8. The fourth-order valence-corrected chi connectivity index (χ4v) is 4.18. The number of nitrogens with two attached hydrogens (primary N) is 1. The predicted molar refractivity (Wildman–Crippen MR) is 83.3 cm³/mol. The maximum Gasteiger partial charge on any atom is 0.125 e. The molecule has 1 aliphatic rings. The number of methoxy groups -OCH3 is 1. The third kappa shape index (κ3) is 3.19. The summed E-state index contributed by atoms with van der Waals surface area (Å²) in [7, 11) is 3.81. The van der Waals surface area contributed by atoms with E-state index in [0.717, 1.165) is 16.3 Å². The van der Waals surface area contributed by atoms with E-state index in [1.807, 2.05) is 30.0 Å². The first-order valence-electron chi connectivity index (χ1n) is 6.51. The van der Waals surface area contributed by atoms with Gasteiger partial charge in [0.15, 0.2) is 0 Å². The van der Waals surface area contributed by atoms with Crippen LogP contribution in [0, 0.1) is 0 Å². The molecule has 1 heterocycles. The monoisotopic (exact) mass is 300 g/mol. The number of hydrogen-bond donors (Lipinski definition) is 1. The fraction of sp³-hybridized carbons (Fsp3) is 0.571. The molecule has 1 saturated heterocycles. The molecule has 1 aliphatic heterocycles. The first kappa shape index (κ1) is 15.0. The molecule has 2 atom stereocenters. The lowest BCUT2D eigenvalue weighted by Gasteiger charge is -2.33. The number of nitrogens with zero attached hydrogens (tertiary/aromatic N) is 1. The number of ether oxygens (including phenoxy) is 1. The van der Waals surface area contributed by atoms with E-state index < -0.39 is 0 Å². The molecule has 19 heavy (non-hydrogen) atoms. The molecule has 106 valence electrons. The average molecular weight is 301 g/mol. The zero-order valence-corrected chi connectivity index (χ0v) is 13.0. The highest BCUT2D eigenvalue weighted by atomic mass is 35.5. The van der Waals surface area contributed by atoms with E-state index >= 15 is 0 Å². The largest absolute Gasteiger partial charge is 0.496 e. The Kier molecular flexibility index (Phi) is 5.39. The summed E-state index contributed by atoms with van der Waals surface area (Å²) in [6.07, 6.45) is 1.21. The van der Waals surface area contributed by atoms with Crippen LogP contribution in [0.25, 0.3) is 0 Å². The second-order valence-electron chi connectivity index (χ2n) is 4.79. The molecule has 1 aromatic carbocycles. The number of halogens is 1. The van der Waals surface area contributed by atoms with Gasteiger partial charge in [-0.25, -0.2) is 0 Å². The summed E-state index contributed by atoms with van der Waals surface area (Å²) >= 11 is 8.37. The van der Waals surface area contributed by atoms with Crippen molar-refractivity contribution in [2.75, 3.05) is 32.2 Å². The van der Waals surface area contributed by atoms with Gasteiger partial charge in [-0.1, -0.05) is 17.7 Å². The smallest absolute Gasteiger partial charge is 0.125 e. The minimum Gasteiger partial charge on any atom is -0.496 e. The Hall–Kier alpha value is -0.420. The molecule has 3 nitrogen and oxygen atoms in total. The predicted octanol–water partition coefficient (Wildman–Crippen LogP) is 2.79. The second kappa shape index (κ2) is 6.84. The molecule has 1 aromatic rings. The Bertz CT molecular complexity index is 424. The standard InChI is InChI=1S/C14H21ClN2OS/c1-17(10-6-7-19-9-10)12(8-16)14-11(15)4-3-5-13(14)18-2/h3-5,10,12H,6-9,16H2,1-2H3. The molecule has 0 saturated carbocycles. The third-order valence-electron chi connectivity index (χ3n) is 3.76. The lowest BCUT2D eigenvalue weighted by atomic mass is 10.0. The number of thioether (sulfide) groups is 1. The maximum absolute atomic E-state index is 6.37. The van der Waals surface area contributed by atoms with Crippen molar-refractivity contribution in [2.45, 2.75) is 18.5 Å². The first-order chi connectivity index (χ1) is 9.19. The highest BCUT2D eigenvalue weighted by Gasteiger charge is 2.29. The van der Waals surface area contributed by atoms with Crippen molar-refractivity contribution in [3.8, 4) is 5.75 Å². The third-order valence-corrected chi connectivity index (χ3v) is 5.24. The van der Waals surface area contributed by atoms with Crippen molar-refractivity contribution < 1.29 is 4.74 Å². The number of benzene rings is 1. The van der Waals surface area contributed by atoms with Crippen LogP contribution in [0.4, 0.5) is 0 Å². The van der Waals surface area contributed by atoms with Crippen molar-refractivity contribution in [2.24, 2.45) is 5.73 Å². The summed E-state index contributed by atoms with van der Waals surface area (Å²) < 4.78 is 5.45. The van der Waals surface area contributed by atoms with Gasteiger partial charge in [-0.05, 0) is 31.4 Å². The van der Waals surface area contributed by atoms with E-state index in [0.29, 0.717) is 12.6 Å². The van der Waals surface area contributed by atoms with Crippen LogP contribution in [0.2, 0.25) is 5.02 Å². The minimum atomic E-state index is 0.104. The van der Waals surface area contributed by atoms with Gasteiger partial charge in [-0.2, -0.15) is 11.8 Å². The van der Waals surface area contributed by atoms with E-state index in [1.54, 1.807) is 7.11 Å². The molecule has 5 heteroatoms. The second-order valence-corrected chi connectivity index (χ2v) is 6.35. The summed E-state index contributed by atoms with van der Waals surface area (Å²) in [5.41, 5.74) is 7.01. The summed E-state index contributed by atoms with van der Waals surface area (Å²) in [6, 6.07) is 6.43. The molecular weight excluding hydrogens is 280 g/mol. The fourth-order valence-electron chi connectivity index (χ4n) is 2.60. The summed E-state index contributed by atoms with van der Waals surface area (Å²) in [4.78, 5) is 2.35. The lowest BCUT2D eigenvalue weighted by molar-refractivity contribution is 0.189. The van der Waals surface area contributed by atoms with Crippen LogP contribution in [0.3, 0.4) is 0 Å².